The van der Waals surface area contributed by atoms with Crippen molar-refractivity contribution in [2.45, 2.75) is 20.0 Å². The molecule has 0 heterocycles. The predicted octanol–water partition coefficient (Wildman–Crippen LogP) is 3.06. The zero-order valence-electron chi connectivity index (χ0n) is 11.7. The first-order valence-corrected chi connectivity index (χ1v) is 6.63. The summed E-state index contributed by atoms with van der Waals surface area (Å²) in [6, 6.07) is 12.3. The molecule has 0 amide bonds. The van der Waals surface area contributed by atoms with Gasteiger partial charge in [0.05, 0.1) is 5.56 Å². The molecule has 0 aliphatic rings. The largest absolute Gasteiger partial charge is 0.489 e. The van der Waals surface area contributed by atoms with Crippen molar-refractivity contribution in [2.75, 3.05) is 0 Å². The molecule has 0 aromatic heterocycles. The van der Waals surface area contributed by atoms with E-state index in [0.29, 0.717) is 5.56 Å². The zero-order chi connectivity index (χ0) is 15.2. The maximum absolute atomic E-state index is 14.2. The predicted molar refractivity (Wildman–Crippen MR) is 79.1 cm³/mol. The highest BCUT2D eigenvalue weighted by molar-refractivity contribution is 5.97. The highest BCUT2D eigenvalue weighted by atomic mass is 19.1. The summed E-state index contributed by atoms with van der Waals surface area (Å²) in [5.41, 5.74) is 6.91. The lowest BCUT2D eigenvalue weighted by Crippen LogP contribution is -2.16. The van der Waals surface area contributed by atoms with Crippen LogP contribution in [0.1, 0.15) is 23.6 Å². The standard InChI is InChI=1S/C16H17FN2O2/c1-2-11-6-3-4-9-14(11)21-10-12-7-5-8-13(15(12)17)16(18)19-20/h3-9,20H,2,10H2,1H3,(H2,18,19). The van der Waals surface area contributed by atoms with Crippen LogP contribution in [0, 0.1) is 5.82 Å². The Morgan fingerprint density at radius 1 is 1.19 bits per heavy atom. The smallest absolute Gasteiger partial charge is 0.173 e. The van der Waals surface area contributed by atoms with Crippen LogP contribution in [0.25, 0.3) is 0 Å². The van der Waals surface area contributed by atoms with Gasteiger partial charge in [0.25, 0.3) is 0 Å². The van der Waals surface area contributed by atoms with Gasteiger partial charge in [-0.05, 0) is 24.1 Å². The number of para-hydroxylation sites is 1. The number of oxime groups is 1. The number of rotatable bonds is 5. The van der Waals surface area contributed by atoms with Crippen LogP contribution in [0.4, 0.5) is 4.39 Å². The molecule has 0 unspecified atom stereocenters. The normalized spacial score (nSPS) is 11.4. The van der Waals surface area contributed by atoms with E-state index >= 15 is 0 Å². The summed E-state index contributed by atoms with van der Waals surface area (Å²) in [5, 5.41) is 11.5. The molecule has 0 fully saturated rings. The molecule has 2 aromatic carbocycles. The monoisotopic (exact) mass is 288 g/mol. The van der Waals surface area contributed by atoms with E-state index in [1.54, 1.807) is 12.1 Å². The third kappa shape index (κ3) is 3.31. The summed E-state index contributed by atoms with van der Waals surface area (Å²) in [6.07, 6.45) is 0.836. The van der Waals surface area contributed by atoms with Crippen LogP contribution in [0.3, 0.4) is 0 Å². The van der Waals surface area contributed by atoms with Gasteiger partial charge in [0.2, 0.25) is 0 Å². The van der Waals surface area contributed by atoms with E-state index in [2.05, 4.69) is 5.16 Å². The topological polar surface area (TPSA) is 67.8 Å². The lowest BCUT2D eigenvalue weighted by atomic mass is 10.1. The van der Waals surface area contributed by atoms with Crippen LogP contribution in [-0.4, -0.2) is 11.0 Å². The fourth-order valence-electron chi connectivity index (χ4n) is 2.04. The van der Waals surface area contributed by atoms with Crippen LogP contribution >= 0.6 is 0 Å². The van der Waals surface area contributed by atoms with E-state index in [1.165, 1.54) is 6.07 Å². The third-order valence-electron chi connectivity index (χ3n) is 3.20. The Kier molecular flexibility index (Phi) is 4.77. The van der Waals surface area contributed by atoms with Gasteiger partial charge in [-0.3, -0.25) is 0 Å². The molecule has 0 bridgehead atoms. The molecule has 3 N–H and O–H groups in total. The number of halogens is 1. The Morgan fingerprint density at radius 3 is 2.62 bits per heavy atom. The Balaban J connectivity index is 2.21. The van der Waals surface area contributed by atoms with Gasteiger partial charge >= 0.3 is 0 Å². The Morgan fingerprint density at radius 2 is 1.90 bits per heavy atom. The van der Waals surface area contributed by atoms with E-state index in [-0.39, 0.29) is 18.0 Å². The minimum atomic E-state index is -0.540. The molecule has 2 rings (SSSR count). The molecule has 4 nitrogen and oxygen atoms in total. The number of ether oxygens (including phenoxy) is 1. The third-order valence-corrected chi connectivity index (χ3v) is 3.20. The molecule has 0 aliphatic carbocycles. The molecular weight excluding hydrogens is 271 g/mol. The van der Waals surface area contributed by atoms with Crippen molar-refractivity contribution in [1.29, 1.82) is 0 Å². The Labute approximate surface area is 122 Å². The molecule has 0 atom stereocenters. The summed E-state index contributed by atoms with van der Waals surface area (Å²) in [4.78, 5) is 0. The quantitative estimate of drug-likeness (QED) is 0.384. The van der Waals surface area contributed by atoms with Crippen LogP contribution in [-0.2, 0) is 13.0 Å². The van der Waals surface area contributed by atoms with Crippen LogP contribution in [0.15, 0.2) is 47.6 Å². The summed E-state index contributed by atoms with van der Waals surface area (Å²) in [5.74, 6) is -0.0707. The fourth-order valence-corrected chi connectivity index (χ4v) is 2.04. The van der Waals surface area contributed by atoms with Gasteiger partial charge in [0, 0.05) is 5.56 Å². The number of hydrogen-bond donors (Lipinski definition) is 2. The molecule has 2 aromatic rings. The average Bonchev–Trinajstić information content (AvgIpc) is 2.53. The Hall–Kier alpha value is -2.56. The van der Waals surface area contributed by atoms with Crippen molar-refractivity contribution < 1.29 is 14.3 Å². The zero-order valence-corrected chi connectivity index (χ0v) is 11.7. The molecule has 0 aliphatic heterocycles. The first-order chi connectivity index (χ1) is 10.2. The number of nitrogens with zero attached hydrogens (tertiary/aromatic N) is 1. The molecule has 110 valence electrons. The van der Waals surface area contributed by atoms with E-state index < -0.39 is 5.82 Å². The van der Waals surface area contributed by atoms with Crippen molar-refractivity contribution in [1.82, 2.24) is 0 Å². The minimum absolute atomic E-state index is 0.0578. The second-order valence-corrected chi connectivity index (χ2v) is 4.51. The van der Waals surface area contributed by atoms with Crippen molar-refractivity contribution >= 4 is 5.84 Å². The average molecular weight is 288 g/mol. The highest BCUT2D eigenvalue weighted by Crippen LogP contribution is 2.21. The number of amidine groups is 1. The molecular formula is C16H17FN2O2. The first-order valence-electron chi connectivity index (χ1n) is 6.63. The van der Waals surface area contributed by atoms with E-state index in [9.17, 15) is 4.39 Å². The number of benzene rings is 2. The van der Waals surface area contributed by atoms with Crippen LogP contribution in [0.2, 0.25) is 0 Å². The molecule has 0 radical (unpaired) electrons. The van der Waals surface area contributed by atoms with E-state index in [4.69, 9.17) is 15.7 Å². The van der Waals surface area contributed by atoms with Gasteiger partial charge in [-0.2, -0.15) is 0 Å². The molecule has 21 heavy (non-hydrogen) atoms. The molecule has 0 saturated heterocycles. The fraction of sp³-hybridized carbons (Fsp3) is 0.188. The minimum Gasteiger partial charge on any atom is -0.489 e. The SMILES string of the molecule is CCc1ccccc1OCc1cccc(/C(N)=N/O)c1F. The first kappa shape index (κ1) is 14.8. The van der Waals surface area contributed by atoms with Crippen molar-refractivity contribution in [3.8, 4) is 5.75 Å². The summed E-state index contributed by atoms with van der Waals surface area (Å²) in [6.45, 7) is 2.11. The maximum atomic E-state index is 14.2. The van der Waals surface area contributed by atoms with E-state index in [0.717, 1.165) is 17.7 Å². The molecule has 0 saturated carbocycles. The summed E-state index contributed by atoms with van der Waals surface area (Å²) in [7, 11) is 0. The number of hydrogen-bond acceptors (Lipinski definition) is 3. The maximum Gasteiger partial charge on any atom is 0.173 e. The summed E-state index contributed by atoms with van der Waals surface area (Å²) < 4.78 is 19.9. The van der Waals surface area contributed by atoms with Gasteiger partial charge in [-0.15, -0.1) is 0 Å². The second-order valence-electron chi connectivity index (χ2n) is 4.51. The van der Waals surface area contributed by atoms with Crippen molar-refractivity contribution in [3.05, 3.63) is 65.0 Å². The van der Waals surface area contributed by atoms with Crippen LogP contribution < -0.4 is 10.5 Å². The summed E-state index contributed by atoms with van der Waals surface area (Å²) >= 11 is 0. The van der Waals surface area contributed by atoms with Gasteiger partial charge in [0.1, 0.15) is 18.2 Å². The van der Waals surface area contributed by atoms with Crippen molar-refractivity contribution in [3.63, 3.8) is 0 Å². The van der Waals surface area contributed by atoms with Crippen molar-refractivity contribution in [2.24, 2.45) is 10.9 Å². The van der Waals surface area contributed by atoms with Gasteiger partial charge < -0.3 is 15.7 Å². The molecule has 5 heteroatoms. The van der Waals surface area contributed by atoms with Gasteiger partial charge in [-0.1, -0.05) is 42.4 Å². The second kappa shape index (κ2) is 6.74. The van der Waals surface area contributed by atoms with E-state index in [1.807, 2.05) is 31.2 Å². The van der Waals surface area contributed by atoms with Gasteiger partial charge in [-0.25, -0.2) is 4.39 Å². The number of aryl methyl sites for hydroxylation is 1. The lowest BCUT2D eigenvalue weighted by Gasteiger charge is -2.12. The molecule has 0 spiro atoms. The number of nitrogens with two attached hydrogens (primary N) is 1. The highest BCUT2D eigenvalue weighted by Gasteiger charge is 2.12. The Bertz CT molecular complexity index is 656. The van der Waals surface area contributed by atoms with Crippen LogP contribution in [0.5, 0.6) is 5.75 Å². The van der Waals surface area contributed by atoms with Gasteiger partial charge in [0.15, 0.2) is 5.84 Å². The lowest BCUT2D eigenvalue weighted by molar-refractivity contribution is 0.296.